The first-order chi connectivity index (χ1) is 12.4. The van der Waals surface area contributed by atoms with Gasteiger partial charge in [0, 0.05) is 38.9 Å². The standard InChI is InChI=1S/C18H25ClN4O3/c1-4-5-20-16(24)12-22-6-8-23(9-7-22)18(25)14-10-15(19)17(21-11-14)26-13(2)3/h4,10-11,13H,1,5-9,12H2,2-3H3,(H,20,24). The van der Waals surface area contributed by atoms with Gasteiger partial charge in [0.25, 0.3) is 5.91 Å². The first-order valence-electron chi connectivity index (χ1n) is 8.62. The number of carbonyl (C=O) groups excluding carboxylic acids is 2. The van der Waals surface area contributed by atoms with Crippen LogP contribution < -0.4 is 10.1 Å². The molecule has 2 rings (SSSR count). The highest BCUT2D eigenvalue weighted by molar-refractivity contribution is 6.32. The maximum Gasteiger partial charge on any atom is 0.255 e. The fourth-order valence-corrected chi connectivity index (χ4v) is 2.80. The van der Waals surface area contributed by atoms with Crippen LogP contribution in [0.15, 0.2) is 24.9 Å². The fourth-order valence-electron chi connectivity index (χ4n) is 2.59. The predicted molar refractivity (Wildman–Crippen MR) is 101 cm³/mol. The van der Waals surface area contributed by atoms with Crippen molar-refractivity contribution < 1.29 is 14.3 Å². The molecule has 0 atom stereocenters. The molecule has 1 aromatic heterocycles. The summed E-state index contributed by atoms with van der Waals surface area (Å²) in [5.41, 5.74) is 0.434. The number of aromatic nitrogens is 1. The number of halogens is 1. The topological polar surface area (TPSA) is 74.8 Å². The lowest BCUT2D eigenvalue weighted by atomic mass is 10.2. The van der Waals surface area contributed by atoms with Gasteiger partial charge in [0.1, 0.15) is 5.02 Å². The van der Waals surface area contributed by atoms with Crippen LogP contribution in [-0.4, -0.2) is 72.0 Å². The Kier molecular flexibility index (Phi) is 7.41. The number of rotatable bonds is 7. The number of nitrogens with one attached hydrogen (secondary N) is 1. The first kappa shape index (κ1) is 20.2. The van der Waals surface area contributed by atoms with Crippen molar-refractivity contribution in [2.75, 3.05) is 39.3 Å². The molecule has 142 valence electrons. The lowest BCUT2D eigenvalue weighted by Gasteiger charge is -2.34. The van der Waals surface area contributed by atoms with E-state index in [1.807, 2.05) is 18.7 Å². The summed E-state index contributed by atoms with van der Waals surface area (Å²) >= 11 is 6.16. The fraction of sp³-hybridized carbons (Fsp3) is 0.500. The molecule has 7 nitrogen and oxygen atoms in total. The second-order valence-corrected chi connectivity index (χ2v) is 6.75. The Balaban J connectivity index is 1.89. The number of carbonyl (C=O) groups is 2. The third-order valence-corrected chi connectivity index (χ3v) is 4.14. The van der Waals surface area contributed by atoms with Crippen LogP contribution >= 0.6 is 11.6 Å². The van der Waals surface area contributed by atoms with Gasteiger partial charge in [-0.1, -0.05) is 17.7 Å². The third kappa shape index (κ3) is 5.71. The second kappa shape index (κ2) is 9.54. The zero-order valence-electron chi connectivity index (χ0n) is 15.2. The number of ether oxygens (including phenoxy) is 1. The zero-order chi connectivity index (χ0) is 19.1. The molecule has 0 radical (unpaired) electrons. The van der Waals surface area contributed by atoms with E-state index >= 15 is 0 Å². The molecule has 2 amide bonds. The van der Waals surface area contributed by atoms with Crippen molar-refractivity contribution in [3.05, 3.63) is 35.5 Å². The minimum absolute atomic E-state index is 0.0404. The third-order valence-electron chi connectivity index (χ3n) is 3.87. The molecule has 0 unspecified atom stereocenters. The van der Waals surface area contributed by atoms with E-state index in [1.165, 1.54) is 6.20 Å². The van der Waals surface area contributed by atoms with Gasteiger partial charge < -0.3 is 15.0 Å². The summed E-state index contributed by atoms with van der Waals surface area (Å²) in [7, 11) is 0. The van der Waals surface area contributed by atoms with E-state index in [1.54, 1.807) is 17.0 Å². The highest BCUT2D eigenvalue weighted by atomic mass is 35.5. The van der Waals surface area contributed by atoms with E-state index in [9.17, 15) is 9.59 Å². The largest absolute Gasteiger partial charge is 0.474 e. The van der Waals surface area contributed by atoms with Crippen molar-refractivity contribution in [1.82, 2.24) is 20.1 Å². The van der Waals surface area contributed by atoms with Gasteiger partial charge in [0.05, 0.1) is 18.2 Å². The Hall–Kier alpha value is -2.12. The van der Waals surface area contributed by atoms with Crippen LogP contribution in [0.25, 0.3) is 0 Å². The van der Waals surface area contributed by atoms with E-state index < -0.39 is 0 Å². The van der Waals surface area contributed by atoms with Crippen LogP contribution in [0.4, 0.5) is 0 Å². The normalized spacial score (nSPS) is 15.0. The van der Waals surface area contributed by atoms with Gasteiger partial charge in [-0.3, -0.25) is 14.5 Å². The summed E-state index contributed by atoms with van der Waals surface area (Å²) in [5, 5.41) is 3.07. The van der Waals surface area contributed by atoms with Gasteiger partial charge in [-0.15, -0.1) is 6.58 Å². The molecule has 0 aromatic carbocycles. The minimum atomic E-state index is -0.119. The van der Waals surface area contributed by atoms with Crippen LogP contribution in [0.3, 0.4) is 0 Å². The Morgan fingerprint density at radius 3 is 2.65 bits per heavy atom. The zero-order valence-corrected chi connectivity index (χ0v) is 16.0. The van der Waals surface area contributed by atoms with E-state index in [2.05, 4.69) is 16.9 Å². The minimum Gasteiger partial charge on any atom is -0.474 e. The van der Waals surface area contributed by atoms with Crippen molar-refractivity contribution in [3.8, 4) is 5.88 Å². The number of amides is 2. The van der Waals surface area contributed by atoms with E-state index in [-0.39, 0.29) is 17.9 Å². The van der Waals surface area contributed by atoms with Gasteiger partial charge in [-0.25, -0.2) is 4.98 Å². The van der Waals surface area contributed by atoms with Crippen molar-refractivity contribution in [2.24, 2.45) is 0 Å². The molecule has 1 aliphatic heterocycles. The molecule has 1 aliphatic rings. The summed E-state index contributed by atoms with van der Waals surface area (Å²) in [6, 6.07) is 1.59. The number of piperazine rings is 1. The molecule has 8 heteroatoms. The summed E-state index contributed by atoms with van der Waals surface area (Å²) < 4.78 is 5.49. The van der Waals surface area contributed by atoms with Crippen molar-refractivity contribution in [3.63, 3.8) is 0 Å². The van der Waals surface area contributed by atoms with Crippen molar-refractivity contribution in [2.45, 2.75) is 20.0 Å². The summed E-state index contributed by atoms with van der Waals surface area (Å²) in [5.74, 6) is 0.168. The highest BCUT2D eigenvalue weighted by Gasteiger charge is 2.24. The molecule has 1 saturated heterocycles. The molecule has 0 spiro atoms. The van der Waals surface area contributed by atoms with Crippen LogP contribution in [-0.2, 0) is 4.79 Å². The van der Waals surface area contributed by atoms with E-state index in [0.717, 1.165) is 0 Å². The molecule has 1 N–H and O–H groups in total. The Bertz CT molecular complexity index is 658. The Morgan fingerprint density at radius 1 is 1.38 bits per heavy atom. The van der Waals surface area contributed by atoms with E-state index in [0.29, 0.717) is 55.7 Å². The van der Waals surface area contributed by atoms with Gasteiger partial charge in [0.2, 0.25) is 11.8 Å². The average molecular weight is 381 g/mol. The SMILES string of the molecule is C=CCNC(=O)CN1CCN(C(=O)c2cnc(OC(C)C)c(Cl)c2)CC1. The number of hydrogen-bond donors (Lipinski definition) is 1. The average Bonchev–Trinajstić information content (AvgIpc) is 2.61. The molecule has 1 fully saturated rings. The number of nitrogens with zero attached hydrogens (tertiary/aromatic N) is 3. The van der Waals surface area contributed by atoms with Gasteiger partial charge >= 0.3 is 0 Å². The molecule has 26 heavy (non-hydrogen) atoms. The molecular formula is C18H25ClN4O3. The summed E-state index contributed by atoms with van der Waals surface area (Å²) in [6.07, 6.45) is 3.09. The van der Waals surface area contributed by atoms with Crippen molar-refractivity contribution >= 4 is 23.4 Å². The van der Waals surface area contributed by atoms with Crippen molar-refractivity contribution in [1.29, 1.82) is 0 Å². The van der Waals surface area contributed by atoms with Gasteiger partial charge in [-0.05, 0) is 19.9 Å². The van der Waals surface area contributed by atoms with E-state index in [4.69, 9.17) is 16.3 Å². The molecule has 0 bridgehead atoms. The molecular weight excluding hydrogens is 356 g/mol. The maximum absolute atomic E-state index is 12.6. The summed E-state index contributed by atoms with van der Waals surface area (Å²) in [6.45, 7) is 10.5. The second-order valence-electron chi connectivity index (χ2n) is 6.34. The van der Waals surface area contributed by atoms with Gasteiger partial charge in [-0.2, -0.15) is 0 Å². The lowest BCUT2D eigenvalue weighted by Crippen LogP contribution is -2.51. The molecule has 1 aromatic rings. The molecule has 0 saturated carbocycles. The van der Waals surface area contributed by atoms with Crippen LogP contribution in [0.1, 0.15) is 24.2 Å². The highest BCUT2D eigenvalue weighted by Crippen LogP contribution is 2.24. The predicted octanol–water partition coefficient (Wildman–Crippen LogP) is 1.58. The first-order valence-corrected chi connectivity index (χ1v) is 9.00. The monoisotopic (exact) mass is 380 g/mol. The summed E-state index contributed by atoms with van der Waals surface area (Å²) in [4.78, 5) is 32.3. The van der Waals surface area contributed by atoms with Gasteiger partial charge in [0.15, 0.2) is 0 Å². The van der Waals surface area contributed by atoms with Crippen LogP contribution in [0, 0.1) is 0 Å². The lowest BCUT2D eigenvalue weighted by molar-refractivity contribution is -0.122. The quantitative estimate of drug-likeness (QED) is 0.727. The number of hydrogen-bond acceptors (Lipinski definition) is 5. The Labute approximate surface area is 159 Å². The number of pyridine rings is 1. The van der Waals surface area contributed by atoms with Crippen LogP contribution in [0.5, 0.6) is 5.88 Å². The molecule has 0 aliphatic carbocycles. The smallest absolute Gasteiger partial charge is 0.255 e. The van der Waals surface area contributed by atoms with Crippen LogP contribution in [0.2, 0.25) is 5.02 Å². The molecule has 2 heterocycles. The maximum atomic E-state index is 12.6. The Morgan fingerprint density at radius 2 is 2.08 bits per heavy atom.